The first-order valence-corrected chi connectivity index (χ1v) is 5.28. The Morgan fingerprint density at radius 1 is 1.00 bits per heavy atom. The van der Waals surface area contributed by atoms with Gasteiger partial charge in [-0.05, 0) is 37.1 Å². The van der Waals surface area contributed by atoms with Gasteiger partial charge in [-0.2, -0.15) is 0 Å². The van der Waals surface area contributed by atoms with Crippen LogP contribution in [0.5, 0.6) is 0 Å². The lowest BCUT2D eigenvalue weighted by Crippen LogP contribution is -1.89. The van der Waals surface area contributed by atoms with E-state index in [0.29, 0.717) is 0 Å². The van der Waals surface area contributed by atoms with Crippen LogP contribution in [0.15, 0.2) is 53.8 Å². The average Bonchev–Trinajstić information content (AvgIpc) is 2.37. The van der Waals surface area contributed by atoms with Crippen LogP contribution in [0.1, 0.15) is 12.1 Å². The van der Waals surface area contributed by atoms with Crippen LogP contribution in [0.4, 0.5) is 5.82 Å². The Balaban J connectivity index is 1.83. The molecule has 0 amide bonds. The molecule has 16 heavy (non-hydrogen) atoms. The lowest BCUT2D eigenvalue weighted by Gasteiger charge is -1.95. The van der Waals surface area contributed by atoms with Crippen molar-refractivity contribution in [2.24, 2.45) is 4.99 Å². The van der Waals surface area contributed by atoms with Crippen LogP contribution < -0.4 is 0 Å². The molecule has 0 aliphatic heterocycles. The standard InChI is InChI=1S/C13H13N3/c1-3-9-14-12(6-1)7-5-11-16-13-8-2-4-10-15-13/h1-4,6,8-11H,5,7H2. The van der Waals surface area contributed by atoms with Crippen LogP contribution in [0.2, 0.25) is 0 Å². The van der Waals surface area contributed by atoms with Crippen molar-refractivity contribution in [3.8, 4) is 0 Å². The first-order valence-electron chi connectivity index (χ1n) is 5.28. The Hall–Kier alpha value is -2.03. The van der Waals surface area contributed by atoms with Crippen molar-refractivity contribution in [3.63, 3.8) is 0 Å². The molecule has 0 unspecified atom stereocenters. The van der Waals surface area contributed by atoms with Gasteiger partial charge in [0.1, 0.15) is 0 Å². The van der Waals surface area contributed by atoms with Gasteiger partial charge in [0.05, 0.1) is 0 Å². The van der Waals surface area contributed by atoms with Gasteiger partial charge in [0, 0.05) is 24.3 Å². The minimum atomic E-state index is 0.753. The van der Waals surface area contributed by atoms with Crippen LogP contribution in [-0.4, -0.2) is 16.2 Å². The fourth-order valence-electron chi connectivity index (χ4n) is 1.35. The molecule has 2 rings (SSSR count). The third kappa shape index (κ3) is 3.28. The van der Waals surface area contributed by atoms with E-state index in [1.54, 1.807) is 6.20 Å². The molecule has 0 aliphatic carbocycles. The highest BCUT2D eigenvalue weighted by Gasteiger charge is 1.90. The van der Waals surface area contributed by atoms with Crippen LogP contribution >= 0.6 is 0 Å². The number of hydrogen-bond acceptors (Lipinski definition) is 3. The zero-order valence-electron chi connectivity index (χ0n) is 8.95. The predicted octanol–water partition coefficient (Wildman–Crippen LogP) is 2.81. The molecule has 3 heteroatoms. The van der Waals surface area contributed by atoms with Crippen molar-refractivity contribution in [2.45, 2.75) is 12.8 Å². The summed E-state index contributed by atoms with van der Waals surface area (Å²) in [6.45, 7) is 0. The van der Waals surface area contributed by atoms with E-state index in [9.17, 15) is 0 Å². The van der Waals surface area contributed by atoms with E-state index in [0.717, 1.165) is 24.4 Å². The summed E-state index contributed by atoms with van der Waals surface area (Å²) in [5.41, 5.74) is 1.09. The highest BCUT2D eigenvalue weighted by Crippen LogP contribution is 2.04. The van der Waals surface area contributed by atoms with E-state index in [2.05, 4.69) is 15.0 Å². The molecule has 0 N–H and O–H groups in total. The second-order valence-electron chi connectivity index (χ2n) is 3.36. The third-order valence-corrected chi connectivity index (χ3v) is 2.13. The lowest BCUT2D eigenvalue weighted by atomic mass is 10.2. The number of rotatable bonds is 4. The molecule has 0 saturated carbocycles. The summed E-state index contributed by atoms with van der Waals surface area (Å²) in [5.74, 6) is 0.753. The van der Waals surface area contributed by atoms with E-state index in [1.807, 2.05) is 48.8 Å². The molecule has 0 fully saturated rings. The lowest BCUT2D eigenvalue weighted by molar-refractivity contribution is 0.980. The van der Waals surface area contributed by atoms with Crippen molar-refractivity contribution in [3.05, 3.63) is 54.5 Å². The average molecular weight is 211 g/mol. The summed E-state index contributed by atoms with van der Waals surface area (Å²) >= 11 is 0. The number of hydrogen-bond donors (Lipinski definition) is 0. The molecule has 0 aliphatic rings. The van der Waals surface area contributed by atoms with Crippen molar-refractivity contribution in [1.82, 2.24) is 9.97 Å². The zero-order valence-corrected chi connectivity index (χ0v) is 8.95. The SMILES string of the molecule is C(CCc1ccccn1)=Nc1ccccn1. The van der Waals surface area contributed by atoms with E-state index in [1.165, 1.54) is 0 Å². The second-order valence-corrected chi connectivity index (χ2v) is 3.36. The Morgan fingerprint density at radius 3 is 2.50 bits per heavy atom. The maximum absolute atomic E-state index is 4.26. The molecule has 0 bridgehead atoms. The maximum atomic E-state index is 4.26. The summed E-state index contributed by atoms with van der Waals surface area (Å²) < 4.78 is 0. The minimum Gasteiger partial charge on any atom is -0.261 e. The highest BCUT2D eigenvalue weighted by atomic mass is 14.9. The fourth-order valence-corrected chi connectivity index (χ4v) is 1.35. The summed E-state index contributed by atoms with van der Waals surface area (Å²) in [6.07, 6.45) is 7.23. The summed E-state index contributed by atoms with van der Waals surface area (Å²) in [4.78, 5) is 12.6. The molecule has 2 aromatic rings. The molecular formula is C13H13N3. The maximum Gasteiger partial charge on any atom is 0.151 e. The van der Waals surface area contributed by atoms with Crippen molar-refractivity contribution >= 4 is 12.0 Å². The van der Waals surface area contributed by atoms with Crippen LogP contribution in [0, 0.1) is 0 Å². The Morgan fingerprint density at radius 2 is 1.81 bits per heavy atom. The largest absolute Gasteiger partial charge is 0.261 e. The molecule has 0 aromatic carbocycles. The van der Waals surface area contributed by atoms with Gasteiger partial charge in [0.25, 0.3) is 0 Å². The van der Waals surface area contributed by atoms with Crippen molar-refractivity contribution in [2.75, 3.05) is 0 Å². The number of aromatic nitrogens is 2. The van der Waals surface area contributed by atoms with Crippen molar-refractivity contribution < 1.29 is 0 Å². The number of aryl methyl sites for hydroxylation is 1. The number of aliphatic imine (C=N–C) groups is 1. The fraction of sp³-hybridized carbons (Fsp3) is 0.154. The van der Waals surface area contributed by atoms with Gasteiger partial charge in [-0.25, -0.2) is 9.98 Å². The summed E-state index contributed by atoms with van der Waals surface area (Å²) in [6, 6.07) is 11.6. The van der Waals surface area contributed by atoms with E-state index in [4.69, 9.17) is 0 Å². The smallest absolute Gasteiger partial charge is 0.151 e. The third-order valence-electron chi connectivity index (χ3n) is 2.13. The van der Waals surface area contributed by atoms with Gasteiger partial charge in [-0.1, -0.05) is 12.1 Å². The molecule has 0 radical (unpaired) electrons. The van der Waals surface area contributed by atoms with E-state index in [-0.39, 0.29) is 0 Å². The van der Waals surface area contributed by atoms with E-state index < -0.39 is 0 Å². The Kier molecular flexibility index (Phi) is 3.77. The van der Waals surface area contributed by atoms with Gasteiger partial charge in [-0.3, -0.25) is 4.98 Å². The van der Waals surface area contributed by atoms with Crippen LogP contribution in [0.25, 0.3) is 0 Å². The first kappa shape index (κ1) is 10.5. The van der Waals surface area contributed by atoms with E-state index >= 15 is 0 Å². The topological polar surface area (TPSA) is 38.1 Å². The normalized spacial score (nSPS) is 10.8. The number of pyridine rings is 2. The Bertz CT molecular complexity index is 437. The molecular weight excluding hydrogens is 198 g/mol. The van der Waals surface area contributed by atoms with Gasteiger partial charge in [0.15, 0.2) is 5.82 Å². The monoisotopic (exact) mass is 211 g/mol. The molecule has 0 spiro atoms. The van der Waals surface area contributed by atoms with Gasteiger partial charge in [0.2, 0.25) is 0 Å². The molecule has 2 aromatic heterocycles. The summed E-state index contributed by atoms with van der Waals surface area (Å²) in [5, 5.41) is 0. The zero-order chi connectivity index (χ0) is 11.1. The molecule has 80 valence electrons. The molecule has 2 heterocycles. The second kappa shape index (κ2) is 5.75. The van der Waals surface area contributed by atoms with Gasteiger partial charge < -0.3 is 0 Å². The van der Waals surface area contributed by atoms with Gasteiger partial charge >= 0.3 is 0 Å². The molecule has 3 nitrogen and oxygen atoms in total. The van der Waals surface area contributed by atoms with Crippen LogP contribution in [0.3, 0.4) is 0 Å². The molecule has 0 atom stereocenters. The predicted molar refractivity (Wildman–Crippen MR) is 64.9 cm³/mol. The van der Waals surface area contributed by atoms with Gasteiger partial charge in [-0.15, -0.1) is 0 Å². The minimum absolute atomic E-state index is 0.753. The quantitative estimate of drug-likeness (QED) is 0.729. The molecule has 0 saturated heterocycles. The highest BCUT2D eigenvalue weighted by molar-refractivity contribution is 5.61. The Labute approximate surface area is 94.9 Å². The number of nitrogens with zero attached hydrogens (tertiary/aromatic N) is 3. The van der Waals surface area contributed by atoms with Crippen LogP contribution in [-0.2, 0) is 6.42 Å². The summed E-state index contributed by atoms with van der Waals surface area (Å²) in [7, 11) is 0. The van der Waals surface area contributed by atoms with Crippen molar-refractivity contribution in [1.29, 1.82) is 0 Å². The first-order chi connectivity index (χ1) is 7.95.